The fourth-order valence-electron chi connectivity index (χ4n) is 3.12. The molecular formula is C18H28N2O. The van der Waals surface area contributed by atoms with Crippen molar-refractivity contribution in [3.63, 3.8) is 0 Å². The lowest BCUT2D eigenvalue weighted by Crippen LogP contribution is -2.48. The van der Waals surface area contributed by atoms with Gasteiger partial charge in [-0.15, -0.1) is 0 Å². The Labute approximate surface area is 128 Å². The lowest BCUT2D eigenvalue weighted by atomic mass is 9.97. The number of carbonyl (C=O) groups excluding carboxylic acids is 1. The number of nitrogens with two attached hydrogens (primary N) is 1. The van der Waals surface area contributed by atoms with Crippen molar-refractivity contribution in [3.8, 4) is 0 Å². The topological polar surface area (TPSA) is 46.3 Å². The van der Waals surface area contributed by atoms with Gasteiger partial charge in [0.05, 0.1) is 6.42 Å². The van der Waals surface area contributed by atoms with Crippen LogP contribution in [0, 0.1) is 5.92 Å². The van der Waals surface area contributed by atoms with Crippen molar-refractivity contribution in [2.75, 3.05) is 6.54 Å². The fraction of sp³-hybridized carbons (Fsp3) is 0.611. The van der Waals surface area contributed by atoms with Crippen LogP contribution >= 0.6 is 0 Å². The Balaban J connectivity index is 1.93. The Kier molecular flexibility index (Phi) is 5.40. The lowest BCUT2D eigenvalue weighted by Gasteiger charge is -2.36. The molecule has 2 N–H and O–H groups in total. The minimum atomic E-state index is 0.228. The smallest absolute Gasteiger partial charge is 0.227 e. The van der Waals surface area contributed by atoms with E-state index in [0.717, 1.165) is 31.4 Å². The highest BCUT2D eigenvalue weighted by molar-refractivity contribution is 5.79. The molecule has 116 valence electrons. The third-order valence-corrected chi connectivity index (χ3v) is 4.26. The molecule has 1 saturated heterocycles. The largest absolute Gasteiger partial charge is 0.340 e. The highest BCUT2D eigenvalue weighted by atomic mass is 16.2. The van der Waals surface area contributed by atoms with Crippen LogP contribution in [0.5, 0.6) is 0 Å². The summed E-state index contributed by atoms with van der Waals surface area (Å²) in [5, 5.41) is 0. The molecule has 0 aliphatic carbocycles. The zero-order chi connectivity index (χ0) is 15.4. The molecule has 2 atom stereocenters. The Morgan fingerprint density at radius 3 is 2.48 bits per heavy atom. The summed E-state index contributed by atoms with van der Waals surface area (Å²) in [6.45, 7) is 7.34. The average Bonchev–Trinajstić information content (AvgIpc) is 2.40. The first-order valence-electron chi connectivity index (χ1n) is 8.08. The van der Waals surface area contributed by atoms with Gasteiger partial charge in [0.15, 0.2) is 0 Å². The second kappa shape index (κ2) is 7.08. The number of nitrogens with zero attached hydrogens (tertiary/aromatic N) is 1. The number of hydrogen-bond acceptors (Lipinski definition) is 2. The molecule has 3 heteroatoms. The van der Waals surface area contributed by atoms with E-state index in [-0.39, 0.29) is 18.0 Å². The van der Waals surface area contributed by atoms with Gasteiger partial charge < -0.3 is 10.6 Å². The number of piperidine rings is 1. The van der Waals surface area contributed by atoms with E-state index < -0.39 is 0 Å². The van der Waals surface area contributed by atoms with E-state index in [9.17, 15) is 4.79 Å². The lowest BCUT2D eigenvalue weighted by molar-refractivity contribution is -0.133. The van der Waals surface area contributed by atoms with Gasteiger partial charge in [0.25, 0.3) is 0 Å². The van der Waals surface area contributed by atoms with Crippen LogP contribution in [0.3, 0.4) is 0 Å². The van der Waals surface area contributed by atoms with Gasteiger partial charge in [-0.1, -0.05) is 38.1 Å². The van der Waals surface area contributed by atoms with Gasteiger partial charge in [0.1, 0.15) is 0 Å². The van der Waals surface area contributed by atoms with Crippen molar-refractivity contribution in [3.05, 3.63) is 35.4 Å². The van der Waals surface area contributed by atoms with Gasteiger partial charge >= 0.3 is 0 Å². The number of benzene rings is 1. The van der Waals surface area contributed by atoms with Crippen molar-refractivity contribution < 1.29 is 4.79 Å². The van der Waals surface area contributed by atoms with Crippen molar-refractivity contribution in [1.82, 2.24) is 4.90 Å². The maximum Gasteiger partial charge on any atom is 0.227 e. The van der Waals surface area contributed by atoms with E-state index in [4.69, 9.17) is 5.73 Å². The molecule has 21 heavy (non-hydrogen) atoms. The predicted octanol–water partition coefficient (Wildman–Crippen LogP) is 2.77. The van der Waals surface area contributed by atoms with Gasteiger partial charge in [0, 0.05) is 18.6 Å². The minimum absolute atomic E-state index is 0.228. The second-order valence-corrected chi connectivity index (χ2v) is 6.81. The summed E-state index contributed by atoms with van der Waals surface area (Å²) >= 11 is 0. The molecule has 2 rings (SSSR count). The number of carbonyl (C=O) groups is 1. The first-order chi connectivity index (χ1) is 9.95. The minimum Gasteiger partial charge on any atom is -0.340 e. The SMILES string of the molecule is CC(C)Cc1ccc(CC(=O)N2CC[C@@H](N)C[C@@H]2C)cc1. The van der Waals surface area contributed by atoms with E-state index >= 15 is 0 Å². The van der Waals surface area contributed by atoms with E-state index in [2.05, 4.69) is 45.0 Å². The second-order valence-electron chi connectivity index (χ2n) is 6.81. The predicted molar refractivity (Wildman–Crippen MR) is 87.1 cm³/mol. The molecule has 1 aromatic carbocycles. The van der Waals surface area contributed by atoms with Gasteiger partial charge in [-0.05, 0) is 43.2 Å². The van der Waals surface area contributed by atoms with E-state index in [0.29, 0.717) is 12.3 Å². The maximum absolute atomic E-state index is 12.4. The van der Waals surface area contributed by atoms with E-state index in [1.807, 2.05) is 4.90 Å². The normalized spacial score (nSPS) is 22.6. The molecule has 0 spiro atoms. The number of rotatable bonds is 4. The summed E-state index contributed by atoms with van der Waals surface area (Å²) < 4.78 is 0. The zero-order valence-electron chi connectivity index (χ0n) is 13.5. The molecule has 1 amide bonds. The van der Waals surface area contributed by atoms with E-state index in [1.165, 1.54) is 5.56 Å². The Hall–Kier alpha value is -1.35. The van der Waals surface area contributed by atoms with Crippen molar-refractivity contribution >= 4 is 5.91 Å². The Morgan fingerprint density at radius 1 is 1.29 bits per heavy atom. The Bertz CT molecular complexity index is 467. The molecule has 1 fully saturated rings. The van der Waals surface area contributed by atoms with Crippen molar-refractivity contribution in [2.24, 2.45) is 11.7 Å². The third-order valence-electron chi connectivity index (χ3n) is 4.26. The van der Waals surface area contributed by atoms with Gasteiger partial charge in [-0.25, -0.2) is 0 Å². The zero-order valence-corrected chi connectivity index (χ0v) is 13.5. The fourth-order valence-corrected chi connectivity index (χ4v) is 3.12. The van der Waals surface area contributed by atoms with Gasteiger partial charge in [-0.3, -0.25) is 4.79 Å². The summed E-state index contributed by atoms with van der Waals surface area (Å²) in [5.74, 6) is 0.891. The van der Waals surface area contributed by atoms with E-state index in [1.54, 1.807) is 0 Å². The van der Waals surface area contributed by atoms with Crippen molar-refractivity contribution in [1.29, 1.82) is 0 Å². The van der Waals surface area contributed by atoms with Gasteiger partial charge in [0.2, 0.25) is 5.91 Å². The summed E-state index contributed by atoms with van der Waals surface area (Å²) in [7, 11) is 0. The highest BCUT2D eigenvalue weighted by Crippen LogP contribution is 2.18. The first-order valence-corrected chi connectivity index (χ1v) is 8.08. The Morgan fingerprint density at radius 2 is 1.90 bits per heavy atom. The number of amides is 1. The molecule has 0 radical (unpaired) electrons. The van der Waals surface area contributed by atoms with Crippen LogP contribution in [0.4, 0.5) is 0 Å². The highest BCUT2D eigenvalue weighted by Gasteiger charge is 2.26. The molecule has 0 saturated carbocycles. The average molecular weight is 288 g/mol. The van der Waals surface area contributed by atoms with Crippen LogP contribution in [-0.4, -0.2) is 29.4 Å². The van der Waals surface area contributed by atoms with Crippen LogP contribution in [0.1, 0.15) is 44.7 Å². The summed E-state index contributed by atoms with van der Waals surface area (Å²) in [4.78, 5) is 14.4. The van der Waals surface area contributed by atoms with Crippen LogP contribution in [-0.2, 0) is 17.6 Å². The van der Waals surface area contributed by atoms with Crippen LogP contribution in [0.25, 0.3) is 0 Å². The number of likely N-dealkylation sites (tertiary alicyclic amines) is 1. The first kappa shape index (κ1) is 16.0. The molecule has 0 aromatic heterocycles. The number of hydrogen-bond donors (Lipinski definition) is 1. The molecule has 0 bridgehead atoms. The molecule has 1 aliphatic heterocycles. The monoisotopic (exact) mass is 288 g/mol. The molecule has 3 nitrogen and oxygen atoms in total. The molecule has 1 aliphatic rings. The van der Waals surface area contributed by atoms with Gasteiger partial charge in [-0.2, -0.15) is 0 Å². The summed E-state index contributed by atoms with van der Waals surface area (Å²) in [5.41, 5.74) is 8.41. The quantitative estimate of drug-likeness (QED) is 0.926. The molecule has 0 unspecified atom stereocenters. The van der Waals surface area contributed by atoms with Crippen LogP contribution in [0.15, 0.2) is 24.3 Å². The van der Waals surface area contributed by atoms with Crippen LogP contribution in [0.2, 0.25) is 0 Å². The third kappa shape index (κ3) is 4.57. The maximum atomic E-state index is 12.4. The van der Waals surface area contributed by atoms with Crippen molar-refractivity contribution in [2.45, 2.75) is 58.5 Å². The molecule has 1 aromatic rings. The summed E-state index contributed by atoms with van der Waals surface area (Å²) in [6, 6.07) is 9.00. The standard InChI is InChI=1S/C18H28N2O/c1-13(2)10-15-4-6-16(7-5-15)12-18(21)20-9-8-17(19)11-14(20)3/h4-7,13-14,17H,8-12,19H2,1-3H3/t14-,17+/m0/s1. The van der Waals surface area contributed by atoms with Crippen LogP contribution < -0.4 is 5.73 Å². The molecule has 1 heterocycles. The molecular weight excluding hydrogens is 260 g/mol. The summed E-state index contributed by atoms with van der Waals surface area (Å²) in [6.07, 6.45) is 3.43.